The standard InChI is InChI=1S/C22H21N5O/c1-5-17(28)25-20-18-19(16-11-10-14-8-6-7-9-15(14)12-16)26-27(22(2,3)4)21(18)24-13-23-20/h5-13H,1H2,2-4H3,(H,23,24,25,28). The first-order valence-corrected chi connectivity index (χ1v) is 9.05. The van der Waals surface area contributed by atoms with Gasteiger partial charge in [-0.15, -0.1) is 0 Å². The minimum absolute atomic E-state index is 0.290. The van der Waals surface area contributed by atoms with Crippen molar-refractivity contribution in [3.8, 4) is 11.3 Å². The lowest BCUT2D eigenvalue weighted by Crippen LogP contribution is -2.23. The number of fused-ring (bicyclic) bond motifs is 2. The maximum absolute atomic E-state index is 11.9. The van der Waals surface area contributed by atoms with Crippen LogP contribution in [0.15, 0.2) is 61.4 Å². The third kappa shape index (κ3) is 3.03. The third-order valence-electron chi connectivity index (χ3n) is 4.55. The third-order valence-corrected chi connectivity index (χ3v) is 4.55. The molecule has 0 spiro atoms. The molecule has 0 bridgehead atoms. The Morgan fingerprint density at radius 3 is 2.57 bits per heavy atom. The first-order valence-electron chi connectivity index (χ1n) is 9.05. The Hall–Kier alpha value is -3.54. The SMILES string of the molecule is C=CC(=O)Nc1ncnc2c1c(-c1ccc3ccccc3c1)nn2C(C)(C)C. The molecular weight excluding hydrogens is 350 g/mol. The summed E-state index contributed by atoms with van der Waals surface area (Å²) in [6.45, 7) is 9.71. The summed E-state index contributed by atoms with van der Waals surface area (Å²) in [7, 11) is 0. The monoisotopic (exact) mass is 371 g/mol. The summed E-state index contributed by atoms with van der Waals surface area (Å²) in [6.07, 6.45) is 2.66. The zero-order valence-electron chi connectivity index (χ0n) is 16.1. The van der Waals surface area contributed by atoms with Crippen LogP contribution in [0.5, 0.6) is 0 Å². The Labute approximate surface area is 162 Å². The molecule has 0 saturated heterocycles. The lowest BCUT2D eigenvalue weighted by molar-refractivity contribution is -0.111. The predicted octanol–water partition coefficient (Wildman–Crippen LogP) is 4.53. The van der Waals surface area contributed by atoms with Crippen LogP contribution in [-0.4, -0.2) is 25.7 Å². The van der Waals surface area contributed by atoms with Crippen molar-refractivity contribution in [1.29, 1.82) is 0 Å². The van der Waals surface area contributed by atoms with Gasteiger partial charge in [-0.2, -0.15) is 5.10 Å². The van der Waals surface area contributed by atoms with Gasteiger partial charge in [-0.3, -0.25) is 4.79 Å². The van der Waals surface area contributed by atoms with Gasteiger partial charge in [-0.25, -0.2) is 14.6 Å². The molecule has 0 unspecified atom stereocenters. The van der Waals surface area contributed by atoms with Crippen LogP contribution in [0.25, 0.3) is 33.1 Å². The molecule has 6 heteroatoms. The van der Waals surface area contributed by atoms with Crippen molar-refractivity contribution >= 4 is 33.5 Å². The average Bonchev–Trinajstić information content (AvgIpc) is 3.08. The second-order valence-corrected chi connectivity index (χ2v) is 7.61. The molecule has 0 saturated carbocycles. The quantitative estimate of drug-likeness (QED) is 0.537. The van der Waals surface area contributed by atoms with Gasteiger partial charge in [0.2, 0.25) is 5.91 Å². The minimum Gasteiger partial charge on any atom is -0.306 e. The van der Waals surface area contributed by atoms with Crippen LogP contribution in [0.3, 0.4) is 0 Å². The van der Waals surface area contributed by atoms with E-state index in [4.69, 9.17) is 5.10 Å². The Bertz CT molecular complexity index is 1220. The van der Waals surface area contributed by atoms with Crippen molar-refractivity contribution in [2.24, 2.45) is 0 Å². The van der Waals surface area contributed by atoms with E-state index in [1.165, 1.54) is 12.4 Å². The number of nitrogens with zero attached hydrogens (tertiary/aromatic N) is 4. The molecule has 1 amide bonds. The van der Waals surface area contributed by atoms with Gasteiger partial charge >= 0.3 is 0 Å². The highest BCUT2D eigenvalue weighted by Crippen LogP contribution is 2.35. The fourth-order valence-corrected chi connectivity index (χ4v) is 3.22. The van der Waals surface area contributed by atoms with E-state index in [1.807, 2.05) is 22.9 Å². The maximum Gasteiger partial charge on any atom is 0.248 e. The van der Waals surface area contributed by atoms with Gasteiger partial charge < -0.3 is 5.32 Å². The van der Waals surface area contributed by atoms with Crippen LogP contribution in [0.1, 0.15) is 20.8 Å². The first-order chi connectivity index (χ1) is 13.4. The van der Waals surface area contributed by atoms with Gasteiger partial charge in [0.1, 0.15) is 17.8 Å². The molecule has 0 aliphatic carbocycles. The number of rotatable bonds is 3. The fourth-order valence-electron chi connectivity index (χ4n) is 3.22. The summed E-state index contributed by atoms with van der Waals surface area (Å²) in [6, 6.07) is 14.4. The van der Waals surface area contributed by atoms with Crippen molar-refractivity contribution in [3.63, 3.8) is 0 Å². The van der Waals surface area contributed by atoms with Gasteiger partial charge in [0.15, 0.2) is 5.65 Å². The zero-order valence-corrected chi connectivity index (χ0v) is 16.1. The van der Waals surface area contributed by atoms with E-state index in [1.54, 1.807) is 0 Å². The van der Waals surface area contributed by atoms with E-state index in [2.05, 4.69) is 66.9 Å². The summed E-state index contributed by atoms with van der Waals surface area (Å²) >= 11 is 0. The molecule has 0 atom stereocenters. The number of hydrogen-bond donors (Lipinski definition) is 1. The van der Waals surface area contributed by atoms with Crippen molar-refractivity contribution in [3.05, 3.63) is 61.4 Å². The molecule has 0 fully saturated rings. The molecule has 2 aromatic heterocycles. The van der Waals surface area contributed by atoms with Gasteiger partial charge in [-0.1, -0.05) is 43.0 Å². The van der Waals surface area contributed by atoms with E-state index < -0.39 is 0 Å². The van der Waals surface area contributed by atoms with Crippen LogP contribution in [-0.2, 0) is 10.3 Å². The second kappa shape index (κ2) is 6.56. The van der Waals surface area contributed by atoms with E-state index in [0.717, 1.165) is 22.0 Å². The van der Waals surface area contributed by atoms with Gasteiger partial charge in [-0.05, 0) is 43.7 Å². The topological polar surface area (TPSA) is 72.7 Å². The van der Waals surface area contributed by atoms with E-state index in [0.29, 0.717) is 16.9 Å². The molecule has 4 aromatic rings. The summed E-state index contributed by atoms with van der Waals surface area (Å²) in [4.78, 5) is 20.7. The van der Waals surface area contributed by atoms with E-state index in [-0.39, 0.29) is 11.4 Å². The zero-order chi connectivity index (χ0) is 19.9. The van der Waals surface area contributed by atoms with Crippen LogP contribution in [0.2, 0.25) is 0 Å². The molecule has 0 radical (unpaired) electrons. The highest BCUT2D eigenvalue weighted by Gasteiger charge is 2.25. The van der Waals surface area contributed by atoms with Crippen LogP contribution in [0.4, 0.5) is 5.82 Å². The van der Waals surface area contributed by atoms with Gasteiger partial charge in [0.05, 0.1) is 10.9 Å². The lowest BCUT2D eigenvalue weighted by Gasteiger charge is -2.19. The largest absolute Gasteiger partial charge is 0.306 e. The van der Waals surface area contributed by atoms with Gasteiger partial charge in [0, 0.05) is 5.56 Å². The number of carbonyl (C=O) groups is 1. The summed E-state index contributed by atoms with van der Waals surface area (Å²) < 4.78 is 1.87. The highest BCUT2D eigenvalue weighted by atomic mass is 16.1. The van der Waals surface area contributed by atoms with E-state index >= 15 is 0 Å². The first kappa shape index (κ1) is 17.9. The minimum atomic E-state index is -0.326. The second-order valence-electron chi connectivity index (χ2n) is 7.61. The lowest BCUT2D eigenvalue weighted by atomic mass is 10.0. The number of nitrogens with one attached hydrogen (secondary N) is 1. The Morgan fingerprint density at radius 2 is 1.86 bits per heavy atom. The van der Waals surface area contributed by atoms with Gasteiger partial charge in [0.25, 0.3) is 0 Å². The number of amides is 1. The average molecular weight is 371 g/mol. The molecular formula is C22H21N5O. The van der Waals surface area contributed by atoms with E-state index in [9.17, 15) is 4.79 Å². The molecule has 2 aromatic carbocycles. The Kier molecular flexibility index (Phi) is 4.19. The smallest absolute Gasteiger partial charge is 0.248 e. The normalized spacial score (nSPS) is 11.7. The Balaban J connectivity index is 2.02. The van der Waals surface area contributed by atoms with Crippen molar-refractivity contribution < 1.29 is 4.79 Å². The van der Waals surface area contributed by atoms with Crippen molar-refractivity contribution in [1.82, 2.24) is 19.7 Å². The molecule has 6 nitrogen and oxygen atoms in total. The molecule has 1 N–H and O–H groups in total. The number of carbonyl (C=O) groups excluding carboxylic acids is 1. The number of anilines is 1. The fraction of sp³-hybridized carbons (Fsp3) is 0.182. The Morgan fingerprint density at radius 1 is 1.11 bits per heavy atom. The summed E-state index contributed by atoms with van der Waals surface area (Å²) in [5, 5.41) is 10.6. The number of hydrogen-bond acceptors (Lipinski definition) is 4. The molecule has 28 heavy (non-hydrogen) atoms. The summed E-state index contributed by atoms with van der Waals surface area (Å²) in [5.74, 6) is 0.0986. The van der Waals surface area contributed by atoms with Crippen LogP contribution in [0, 0.1) is 0 Å². The molecule has 0 aliphatic rings. The van der Waals surface area contributed by atoms with Crippen LogP contribution < -0.4 is 5.32 Å². The number of aromatic nitrogens is 4. The van der Waals surface area contributed by atoms with Crippen LogP contribution >= 0.6 is 0 Å². The highest BCUT2D eigenvalue weighted by molar-refractivity contribution is 6.07. The van der Waals surface area contributed by atoms with Crippen molar-refractivity contribution in [2.75, 3.05) is 5.32 Å². The molecule has 4 rings (SSSR count). The molecule has 0 aliphatic heterocycles. The predicted molar refractivity (Wildman–Crippen MR) is 112 cm³/mol. The maximum atomic E-state index is 11.9. The summed E-state index contributed by atoms with van der Waals surface area (Å²) in [5.41, 5.74) is 2.05. The number of benzene rings is 2. The van der Waals surface area contributed by atoms with Crippen molar-refractivity contribution in [2.45, 2.75) is 26.3 Å². The molecule has 140 valence electrons. The molecule has 2 heterocycles.